The fraction of sp³-hybridized carbons (Fsp3) is 0.200. The SMILES string of the molecule is CCN1C(=O)/C(=C/c2cc(OC)c(OCc3ccccc3)cc2Br)NC1=S. The molecule has 27 heavy (non-hydrogen) atoms. The molecule has 0 unspecified atom stereocenters. The summed E-state index contributed by atoms with van der Waals surface area (Å²) in [6.45, 7) is 2.84. The van der Waals surface area contributed by atoms with Gasteiger partial charge in [-0.2, -0.15) is 0 Å². The van der Waals surface area contributed by atoms with Crippen LogP contribution in [0, 0.1) is 0 Å². The number of benzene rings is 2. The summed E-state index contributed by atoms with van der Waals surface area (Å²) in [5.74, 6) is 1.06. The molecule has 7 heteroatoms. The van der Waals surface area contributed by atoms with Gasteiger partial charge in [0.05, 0.1) is 7.11 Å². The van der Waals surface area contributed by atoms with Gasteiger partial charge in [-0.15, -0.1) is 0 Å². The number of ether oxygens (including phenoxy) is 2. The Bertz CT molecular complexity index is 900. The van der Waals surface area contributed by atoms with E-state index in [0.29, 0.717) is 35.5 Å². The number of nitrogens with zero attached hydrogens (tertiary/aromatic N) is 1. The highest BCUT2D eigenvalue weighted by Crippen LogP contribution is 2.35. The molecule has 0 aliphatic carbocycles. The van der Waals surface area contributed by atoms with Gasteiger partial charge in [-0.25, -0.2) is 0 Å². The van der Waals surface area contributed by atoms with Crippen LogP contribution in [-0.2, 0) is 11.4 Å². The van der Waals surface area contributed by atoms with Crippen LogP contribution < -0.4 is 14.8 Å². The lowest BCUT2D eigenvalue weighted by Crippen LogP contribution is -2.30. The van der Waals surface area contributed by atoms with Crippen molar-refractivity contribution in [2.75, 3.05) is 13.7 Å². The molecule has 0 atom stereocenters. The van der Waals surface area contributed by atoms with E-state index in [1.165, 1.54) is 4.90 Å². The molecule has 1 heterocycles. The Labute approximate surface area is 172 Å². The smallest absolute Gasteiger partial charge is 0.276 e. The molecule has 5 nitrogen and oxygen atoms in total. The van der Waals surface area contributed by atoms with Crippen molar-refractivity contribution in [1.82, 2.24) is 10.2 Å². The number of amides is 1. The molecule has 0 spiro atoms. The minimum absolute atomic E-state index is 0.141. The van der Waals surface area contributed by atoms with Gasteiger partial charge in [0.25, 0.3) is 5.91 Å². The van der Waals surface area contributed by atoms with Crippen LogP contribution in [0.3, 0.4) is 0 Å². The number of hydrogen-bond acceptors (Lipinski definition) is 4. The van der Waals surface area contributed by atoms with E-state index >= 15 is 0 Å². The van der Waals surface area contributed by atoms with Crippen LogP contribution in [-0.4, -0.2) is 29.6 Å². The monoisotopic (exact) mass is 446 g/mol. The predicted molar refractivity (Wildman–Crippen MR) is 113 cm³/mol. The van der Waals surface area contributed by atoms with E-state index in [1.54, 1.807) is 13.2 Å². The Kier molecular flexibility index (Phi) is 6.13. The third-order valence-electron chi connectivity index (χ3n) is 4.10. The fourth-order valence-corrected chi connectivity index (χ4v) is 3.44. The average molecular weight is 447 g/mol. The molecule has 0 radical (unpaired) electrons. The van der Waals surface area contributed by atoms with Gasteiger partial charge in [0.1, 0.15) is 12.3 Å². The maximum atomic E-state index is 12.4. The summed E-state index contributed by atoms with van der Waals surface area (Å²) in [7, 11) is 1.59. The van der Waals surface area contributed by atoms with E-state index in [9.17, 15) is 4.79 Å². The summed E-state index contributed by atoms with van der Waals surface area (Å²) < 4.78 is 12.2. The van der Waals surface area contributed by atoms with Crippen LogP contribution >= 0.6 is 28.1 Å². The molecule has 2 aromatic rings. The van der Waals surface area contributed by atoms with Crippen LogP contribution in [0.2, 0.25) is 0 Å². The van der Waals surface area contributed by atoms with Crippen LogP contribution in [0.15, 0.2) is 52.6 Å². The number of likely N-dealkylation sites (N-methyl/N-ethyl adjacent to an activating group) is 1. The molecule has 0 saturated carbocycles. The largest absolute Gasteiger partial charge is 0.493 e. The van der Waals surface area contributed by atoms with E-state index in [2.05, 4.69) is 21.2 Å². The minimum atomic E-state index is -0.141. The minimum Gasteiger partial charge on any atom is -0.493 e. The third-order valence-corrected chi connectivity index (χ3v) is 5.11. The number of nitrogens with one attached hydrogen (secondary N) is 1. The van der Waals surface area contributed by atoms with Crippen molar-refractivity contribution in [1.29, 1.82) is 0 Å². The molecule has 1 aliphatic rings. The molecule has 2 aromatic carbocycles. The van der Waals surface area contributed by atoms with Crippen molar-refractivity contribution >= 4 is 45.2 Å². The van der Waals surface area contributed by atoms with Gasteiger partial charge in [0, 0.05) is 11.0 Å². The van der Waals surface area contributed by atoms with Gasteiger partial charge in [-0.3, -0.25) is 9.69 Å². The van der Waals surface area contributed by atoms with Gasteiger partial charge in [0.15, 0.2) is 16.6 Å². The van der Waals surface area contributed by atoms with E-state index in [0.717, 1.165) is 15.6 Å². The third kappa shape index (κ3) is 4.31. The molecule has 1 aliphatic heterocycles. The van der Waals surface area contributed by atoms with Crippen molar-refractivity contribution in [3.8, 4) is 11.5 Å². The van der Waals surface area contributed by atoms with E-state index in [-0.39, 0.29) is 5.91 Å². The lowest BCUT2D eigenvalue weighted by atomic mass is 10.1. The Balaban J connectivity index is 1.85. The lowest BCUT2D eigenvalue weighted by molar-refractivity contribution is -0.122. The molecule has 1 fully saturated rings. The van der Waals surface area contributed by atoms with Crippen LogP contribution in [0.4, 0.5) is 0 Å². The molecule has 0 bridgehead atoms. The average Bonchev–Trinajstić information content (AvgIpc) is 2.95. The molecular formula is C20H19BrN2O3S. The number of hydrogen-bond donors (Lipinski definition) is 1. The summed E-state index contributed by atoms with van der Waals surface area (Å²) in [5.41, 5.74) is 2.29. The van der Waals surface area contributed by atoms with E-state index < -0.39 is 0 Å². The first kappa shape index (κ1) is 19.4. The molecule has 0 aromatic heterocycles. The summed E-state index contributed by atoms with van der Waals surface area (Å²) in [4.78, 5) is 13.9. The van der Waals surface area contributed by atoms with Crippen molar-refractivity contribution in [3.63, 3.8) is 0 Å². The van der Waals surface area contributed by atoms with Crippen LogP contribution in [0.5, 0.6) is 11.5 Å². The fourth-order valence-electron chi connectivity index (χ4n) is 2.68. The quantitative estimate of drug-likeness (QED) is 0.534. The summed E-state index contributed by atoms with van der Waals surface area (Å²) >= 11 is 8.74. The molecule has 1 saturated heterocycles. The lowest BCUT2D eigenvalue weighted by Gasteiger charge is -2.13. The predicted octanol–water partition coefficient (Wildman–Crippen LogP) is 4.11. The molecule has 1 amide bonds. The van der Waals surface area contributed by atoms with Gasteiger partial charge in [0.2, 0.25) is 0 Å². The second kappa shape index (κ2) is 8.54. The highest BCUT2D eigenvalue weighted by atomic mass is 79.9. The zero-order valence-electron chi connectivity index (χ0n) is 15.0. The highest BCUT2D eigenvalue weighted by molar-refractivity contribution is 9.10. The van der Waals surface area contributed by atoms with Gasteiger partial charge in [-0.05, 0) is 48.5 Å². The van der Waals surface area contributed by atoms with Crippen molar-refractivity contribution in [3.05, 3.63) is 63.8 Å². The Morgan fingerprint density at radius 1 is 1.22 bits per heavy atom. The number of methoxy groups -OCH3 is 1. The van der Waals surface area contributed by atoms with E-state index in [1.807, 2.05) is 49.4 Å². The molecule has 3 rings (SSSR count). The Morgan fingerprint density at radius 2 is 1.96 bits per heavy atom. The maximum absolute atomic E-state index is 12.4. The van der Waals surface area contributed by atoms with Crippen molar-refractivity contribution < 1.29 is 14.3 Å². The topological polar surface area (TPSA) is 50.8 Å². The summed E-state index contributed by atoms with van der Waals surface area (Å²) in [6.07, 6.45) is 1.75. The van der Waals surface area contributed by atoms with Gasteiger partial charge < -0.3 is 14.8 Å². The first-order valence-corrected chi connectivity index (χ1v) is 9.62. The van der Waals surface area contributed by atoms with Crippen molar-refractivity contribution in [2.24, 2.45) is 0 Å². The van der Waals surface area contributed by atoms with Crippen LogP contribution in [0.1, 0.15) is 18.1 Å². The van der Waals surface area contributed by atoms with Crippen molar-refractivity contribution in [2.45, 2.75) is 13.5 Å². The van der Waals surface area contributed by atoms with E-state index in [4.69, 9.17) is 21.7 Å². The van der Waals surface area contributed by atoms with Gasteiger partial charge >= 0.3 is 0 Å². The molecular weight excluding hydrogens is 428 g/mol. The molecule has 140 valence electrons. The standard InChI is InChI=1S/C20H19BrN2O3S/c1-3-23-19(24)16(22-20(23)27)9-14-10-17(25-2)18(11-15(14)21)26-12-13-7-5-4-6-8-13/h4-11H,3,12H2,1-2H3,(H,22,27)/b16-9-. The zero-order valence-corrected chi connectivity index (χ0v) is 17.4. The second-order valence-electron chi connectivity index (χ2n) is 5.84. The number of carbonyl (C=O) groups excluding carboxylic acids is 1. The summed E-state index contributed by atoms with van der Waals surface area (Å²) in [5, 5.41) is 3.37. The first-order chi connectivity index (χ1) is 13.0. The maximum Gasteiger partial charge on any atom is 0.276 e. The number of carbonyl (C=O) groups is 1. The second-order valence-corrected chi connectivity index (χ2v) is 7.08. The zero-order chi connectivity index (χ0) is 19.4. The molecule has 1 N–H and O–H groups in total. The summed E-state index contributed by atoms with van der Waals surface area (Å²) in [6, 6.07) is 13.6. The normalized spacial score (nSPS) is 15.2. The number of halogens is 1. The van der Waals surface area contributed by atoms with Crippen LogP contribution in [0.25, 0.3) is 6.08 Å². The first-order valence-electron chi connectivity index (χ1n) is 8.42. The number of rotatable bonds is 6. The van der Waals surface area contributed by atoms with Gasteiger partial charge in [-0.1, -0.05) is 46.3 Å². The number of thiocarbonyl (C=S) groups is 1. The Morgan fingerprint density at radius 3 is 2.59 bits per heavy atom. The Hall–Kier alpha value is -2.38. The highest BCUT2D eigenvalue weighted by Gasteiger charge is 2.29.